The van der Waals surface area contributed by atoms with Crippen molar-refractivity contribution in [3.05, 3.63) is 0 Å². The van der Waals surface area contributed by atoms with Crippen LogP contribution in [0, 0.1) is 0 Å². The van der Waals surface area contributed by atoms with E-state index in [1.165, 1.54) is 0 Å². The Morgan fingerprint density at radius 2 is 2.33 bits per heavy atom. The smallest absolute Gasteiger partial charge is 0.163 e. The predicted octanol–water partition coefficient (Wildman–Crippen LogP) is 0.568. The highest BCUT2D eigenvalue weighted by Crippen LogP contribution is 2.21. The van der Waals surface area contributed by atoms with Gasteiger partial charge < -0.3 is 9.47 Å². The Hall–Kier alpha value is -0.120. The van der Waals surface area contributed by atoms with E-state index in [1.54, 1.807) is 0 Å². The molecule has 3 nitrogen and oxygen atoms in total. The first-order valence-electron chi connectivity index (χ1n) is 3.04. The third-order valence-electron chi connectivity index (χ3n) is 1.25. The van der Waals surface area contributed by atoms with Crippen molar-refractivity contribution in [1.29, 1.82) is 0 Å². The first-order chi connectivity index (χ1) is 4.14. The van der Waals surface area contributed by atoms with Crippen molar-refractivity contribution in [2.75, 3.05) is 13.2 Å². The summed E-state index contributed by atoms with van der Waals surface area (Å²) < 4.78 is 10.3. The third kappa shape index (κ3) is 1.64. The van der Waals surface area contributed by atoms with E-state index in [-0.39, 0.29) is 12.7 Å². The number of hydrogen-bond donors (Lipinski definition) is 0. The molecule has 0 aromatic heterocycles. The van der Waals surface area contributed by atoms with E-state index in [0.29, 0.717) is 6.61 Å². The van der Waals surface area contributed by atoms with E-state index in [1.807, 2.05) is 13.8 Å². The van der Waals surface area contributed by atoms with Crippen LogP contribution in [-0.2, 0) is 14.6 Å². The number of ether oxygens (including phenoxy) is 2. The monoisotopic (exact) mass is 131 g/mol. The maximum absolute atomic E-state index is 10.2. The lowest BCUT2D eigenvalue weighted by molar-refractivity contribution is -0.144. The Bertz CT molecular complexity index is 100. The lowest BCUT2D eigenvalue weighted by atomic mass is 10.4. The van der Waals surface area contributed by atoms with Gasteiger partial charge in [0.25, 0.3) is 0 Å². The summed E-state index contributed by atoms with van der Waals surface area (Å²) in [7, 11) is 0. The molecule has 1 atom stereocenters. The molecule has 9 heavy (non-hydrogen) atoms. The zero-order chi connectivity index (χ0) is 6.91. The molecule has 0 saturated carbocycles. The van der Waals surface area contributed by atoms with Crippen LogP contribution in [0.2, 0.25) is 0 Å². The van der Waals surface area contributed by atoms with E-state index in [2.05, 4.69) is 0 Å². The molecular formula is C6H11O3. The summed E-state index contributed by atoms with van der Waals surface area (Å²) in [6.07, 6.45) is -0.236. The van der Waals surface area contributed by atoms with Gasteiger partial charge in [0.05, 0.1) is 6.61 Å². The highest BCUT2D eigenvalue weighted by Gasteiger charge is 2.32. The highest BCUT2D eigenvalue weighted by atomic mass is 16.7. The van der Waals surface area contributed by atoms with Gasteiger partial charge in [0.15, 0.2) is 5.79 Å². The Kier molecular flexibility index (Phi) is 1.75. The first kappa shape index (κ1) is 6.99. The van der Waals surface area contributed by atoms with Crippen LogP contribution >= 0.6 is 0 Å². The van der Waals surface area contributed by atoms with Crippen LogP contribution in [0.5, 0.6) is 0 Å². The van der Waals surface area contributed by atoms with Crippen molar-refractivity contribution in [3.63, 3.8) is 0 Å². The Morgan fingerprint density at radius 3 is 2.56 bits per heavy atom. The summed E-state index contributed by atoms with van der Waals surface area (Å²) in [6.45, 7) is 3.85. The van der Waals surface area contributed by atoms with Crippen LogP contribution in [-0.4, -0.2) is 25.1 Å². The molecule has 1 saturated heterocycles. The topological polar surface area (TPSA) is 38.4 Å². The number of rotatable bonds is 1. The van der Waals surface area contributed by atoms with Crippen molar-refractivity contribution < 1.29 is 14.6 Å². The first-order valence-corrected chi connectivity index (χ1v) is 3.04. The molecule has 1 aliphatic heterocycles. The summed E-state index contributed by atoms with van der Waals surface area (Å²) >= 11 is 0. The van der Waals surface area contributed by atoms with Gasteiger partial charge in [-0.25, -0.2) is 5.11 Å². The average molecular weight is 131 g/mol. The van der Waals surface area contributed by atoms with Gasteiger partial charge in [0, 0.05) is 0 Å². The molecule has 0 N–H and O–H groups in total. The Morgan fingerprint density at radius 1 is 1.67 bits per heavy atom. The molecule has 1 heterocycles. The van der Waals surface area contributed by atoms with Crippen LogP contribution in [0.1, 0.15) is 13.8 Å². The average Bonchev–Trinajstić information content (AvgIpc) is 2.10. The summed E-state index contributed by atoms with van der Waals surface area (Å²) in [5.74, 6) is -0.533. The quantitative estimate of drug-likeness (QED) is 0.521. The molecule has 1 aliphatic rings. The fraction of sp³-hybridized carbons (Fsp3) is 1.00. The standard InChI is InChI=1S/C6H11O3/c1-6(2)8-4-5(3-7)9-6/h5H,3-4H2,1-2H3/t5-/m1/s1. The van der Waals surface area contributed by atoms with Crippen molar-refractivity contribution in [2.24, 2.45) is 0 Å². The molecular weight excluding hydrogens is 120 g/mol. The lowest BCUT2D eigenvalue weighted by Gasteiger charge is -2.15. The molecule has 0 spiro atoms. The fourth-order valence-electron chi connectivity index (χ4n) is 0.845. The maximum atomic E-state index is 10.2. The minimum atomic E-state index is -0.533. The molecule has 0 aromatic carbocycles. The summed E-state index contributed by atoms with van der Waals surface area (Å²) in [6, 6.07) is 0. The normalized spacial score (nSPS) is 33.0. The van der Waals surface area contributed by atoms with E-state index in [4.69, 9.17) is 9.47 Å². The van der Waals surface area contributed by atoms with E-state index in [9.17, 15) is 5.11 Å². The second kappa shape index (κ2) is 2.25. The second-order valence-corrected chi connectivity index (χ2v) is 2.62. The van der Waals surface area contributed by atoms with Crippen molar-refractivity contribution in [2.45, 2.75) is 25.7 Å². The molecule has 53 valence electrons. The number of hydrogen-bond acceptors (Lipinski definition) is 2. The van der Waals surface area contributed by atoms with Crippen LogP contribution in [0.4, 0.5) is 0 Å². The SMILES string of the molecule is CC1(C)OC[C@@H](C[O])O1. The van der Waals surface area contributed by atoms with Crippen LogP contribution in [0.25, 0.3) is 0 Å². The van der Waals surface area contributed by atoms with E-state index < -0.39 is 5.79 Å². The molecule has 0 amide bonds. The van der Waals surface area contributed by atoms with E-state index >= 15 is 0 Å². The van der Waals surface area contributed by atoms with Gasteiger partial charge in [0.2, 0.25) is 0 Å². The Balaban J connectivity index is 2.38. The highest BCUT2D eigenvalue weighted by molar-refractivity contribution is 4.68. The second-order valence-electron chi connectivity index (χ2n) is 2.62. The lowest BCUT2D eigenvalue weighted by Crippen LogP contribution is -2.22. The van der Waals surface area contributed by atoms with Crippen molar-refractivity contribution in [1.82, 2.24) is 0 Å². The van der Waals surface area contributed by atoms with Crippen LogP contribution < -0.4 is 0 Å². The zero-order valence-electron chi connectivity index (χ0n) is 5.72. The van der Waals surface area contributed by atoms with Gasteiger partial charge in [-0.3, -0.25) is 0 Å². The molecule has 0 aromatic rings. The Labute approximate surface area is 54.6 Å². The molecule has 3 heteroatoms. The maximum Gasteiger partial charge on any atom is 0.163 e. The van der Waals surface area contributed by atoms with Gasteiger partial charge in [0.1, 0.15) is 12.7 Å². The molecule has 1 radical (unpaired) electrons. The minimum Gasteiger partial charge on any atom is -0.348 e. The predicted molar refractivity (Wildman–Crippen MR) is 30.5 cm³/mol. The van der Waals surface area contributed by atoms with Gasteiger partial charge in [-0.15, -0.1) is 0 Å². The summed E-state index contributed by atoms with van der Waals surface area (Å²) in [5.41, 5.74) is 0. The van der Waals surface area contributed by atoms with Crippen molar-refractivity contribution in [3.8, 4) is 0 Å². The molecule has 0 unspecified atom stereocenters. The summed E-state index contributed by atoms with van der Waals surface area (Å²) in [5, 5.41) is 10.2. The van der Waals surface area contributed by atoms with Crippen LogP contribution in [0.15, 0.2) is 0 Å². The van der Waals surface area contributed by atoms with Gasteiger partial charge in [-0.05, 0) is 13.8 Å². The third-order valence-corrected chi connectivity index (χ3v) is 1.25. The van der Waals surface area contributed by atoms with Crippen molar-refractivity contribution >= 4 is 0 Å². The fourth-order valence-corrected chi connectivity index (χ4v) is 0.845. The largest absolute Gasteiger partial charge is 0.348 e. The molecule has 1 fully saturated rings. The molecule has 0 aliphatic carbocycles. The van der Waals surface area contributed by atoms with Crippen LogP contribution in [0.3, 0.4) is 0 Å². The minimum absolute atomic E-state index is 0.205. The summed E-state index contributed by atoms with van der Waals surface area (Å²) in [4.78, 5) is 0. The molecule has 1 rings (SSSR count). The van der Waals surface area contributed by atoms with Gasteiger partial charge in [-0.2, -0.15) is 0 Å². The molecule has 0 bridgehead atoms. The zero-order valence-corrected chi connectivity index (χ0v) is 5.72. The van der Waals surface area contributed by atoms with Gasteiger partial charge >= 0.3 is 0 Å². The van der Waals surface area contributed by atoms with Gasteiger partial charge in [-0.1, -0.05) is 0 Å². The van der Waals surface area contributed by atoms with E-state index in [0.717, 1.165) is 0 Å².